The van der Waals surface area contributed by atoms with Crippen molar-refractivity contribution in [3.8, 4) is 0 Å². The van der Waals surface area contributed by atoms with Crippen LogP contribution in [-0.4, -0.2) is 71.6 Å². The van der Waals surface area contributed by atoms with Crippen LogP contribution in [-0.2, 0) is 23.9 Å². The second-order valence-corrected chi connectivity index (χ2v) is 10.9. The van der Waals surface area contributed by atoms with Gasteiger partial charge in [-0.3, -0.25) is 14.4 Å². The minimum absolute atomic E-state index is 0.140. The minimum Gasteiger partial charge on any atom is -0.465 e. The molecule has 5 N–H and O–H groups in total. The maximum absolute atomic E-state index is 13.3. The van der Waals surface area contributed by atoms with Gasteiger partial charge in [0, 0.05) is 12.5 Å². The Morgan fingerprint density at radius 3 is 2.25 bits per heavy atom. The lowest BCUT2D eigenvalue weighted by Crippen LogP contribution is -2.59. The van der Waals surface area contributed by atoms with E-state index in [1.54, 1.807) is 27.7 Å². The van der Waals surface area contributed by atoms with Crippen LogP contribution in [0.15, 0.2) is 0 Å². The number of hydrogen-bond donors (Lipinski definition) is 5. The van der Waals surface area contributed by atoms with Crippen LogP contribution >= 0.6 is 0 Å². The molecule has 2 aliphatic rings. The fraction of sp³-hybridized carbons (Fsp3) is 0.800. The molecule has 5 atom stereocenters. The van der Waals surface area contributed by atoms with Crippen LogP contribution in [0.5, 0.6) is 0 Å². The Kier molecular flexibility index (Phi) is 11.1. The van der Waals surface area contributed by atoms with Gasteiger partial charge in [0.05, 0.1) is 17.7 Å². The van der Waals surface area contributed by atoms with Crippen molar-refractivity contribution in [1.29, 1.82) is 0 Å². The molecule has 4 unspecified atom stereocenters. The summed E-state index contributed by atoms with van der Waals surface area (Å²) in [6.07, 6.45) is 4.65. The van der Waals surface area contributed by atoms with Crippen molar-refractivity contribution in [2.24, 2.45) is 11.8 Å². The Balaban J connectivity index is 2.15. The highest BCUT2D eigenvalue weighted by Crippen LogP contribution is 2.27. The van der Waals surface area contributed by atoms with E-state index in [1.807, 2.05) is 0 Å². The summed E-state index contributed by atoms with van der Waals surface area (Å²) < 4.78 is 5.81. The van der Waals surface area contributed by atoms with Crippen LogP contribution < -0.4 is 21.3 Å². The van der Waals surface area contributed by atoms with E-state index in [0.29, 0.717) is 25.7 Å². The molecule has 0 aromatic heterocycles. The number of carbonyl (C=O) groups excluding carboxylic acids is 4. The lowest BCUT2D eigenvalue weighted by atomic mass is 9.84. The van der Waals surface area contributed by atoms with Crippen molar-refractivity contribution >= 4 is 30.1 Å². The van der Waals surface area contributed by atoms with Gasteiger partial charge in [-0.2, -0.15) is 0 Å². The summed E-state index contributed by atoms with van der Waals surface area (Å²) in [5, 5.41) is 19.6. The number of rotatable bonds is 12. The van der Waals surface area contributed by atoms with E-state index in [2.05, 4.69) is 21.3 Å². The Labute approximate surface area is 212 Å². The third-order valence-corrected chi connectivity index (χ3v) is 6.69. The van der Waals surface area contributed by atoms with Crippen LogP contribution in [0.1, 0.15) is 79.1 Å². The second kappa shape index (κ2) is 13.6. The molecule has 0 radical (unpaired) electrons. The smallest absolute Gasteiger partial charge is 0.405 e. The molecule has 1 heterocycles. The maximum Gasteiger partial charge on any atom is 0.405 e. The first-order chi connectivity index (χ1) is 16.9. The quantitative estimate of drug-likeness (QED) is 0.248. The zero-order chi connectivity index (χ0) is 26.9. The number of amides is 4. The number of aldehydes is 1. The van der Waals surface area contributed by atoms with E-state index in [9.17, 15) is 29.1 Å². The van der Waals surface area contributed by atoms with Crippen molar-refractivity contribution in [2.45, 2.75) is 109 Å². The topological polar surface area (TPSA) is 163 Å². The summed E-state index contributed by atoms with van der Waals surface area (Å²) >= 11 is 0. The van der Waals surface area contributed by atoms with E-state index in [0.717, 1.165) is 32.1 Å². The van der Waals surface area contributed by atoms with Gasteiger partial charge in [0.25, 0.3) is 0 Å². The van der Waals surface area contributed by atoms with E-state index in [-0.39, 0.29) is 24.2 Å². The highest BCUT2D eigenvalue weighted by molar-refractivity contribution is 5.92. The third-order valence-electron chi connectivity index (χ3n) is 6.69. The van der Waals surface area contributed by atoms with Gasteiger partial charge in [-0.25, -0.2) is 4.79 Å². The molecule has 2 rings (SSSR count). The average molecular weight is 511 g/mol. The van der Waals surface area contributed by atoms with Crippen molar-refractivity contribution in [2.75, 3.05) is 6.54 Å². The van der Waals surface area contributed by atoms with Crippen LogP contribution in [0.3, 0.4) is 0 Å². The maximum atomic E-state index is 13.3. The first kappa shape index (κ1) is 29.5. The Morgan fingerprint density at radius 1 is 1.06 bits per heavy atom. The number of ether oxygens (including phenoxy) is 1. The molecular weight excluding hydrogens is 468 g/mol. The molecule has 2 fully saturated rings. The molecule has 1 saturated carbocycles. The summed E-state index contributed by atoms with van der Waals surface area (Å²) in [5.41, 5.74) is -0.624. The van der Waals surface area contributed by atoms with Crippen LogP contribution in [0, 0.1) is 11.8 Å². The lowest BCUT2D eigenvalue weighted by molar-refractivity contribution is -0.136. The summed E-state index contributed by atoms with van der Waals surface area (Å²) in [5.74, 6) is -1.48. The molecule has 11 nitrogen and oxygen atoms in total. The predicted octanol–water partition coefficient (Wildman–Crippen LogP) is 1.49. The minimum atomic E-state index is -1.39. The van der Waals surface area contributed by atoms with Gasteiger partial charge in [-0.05, 0) is 52.9 Å². The number of nitrogens with one attached hydrogen (secondary N) is 4. The largest absolute Gasteiger partial charge is 0.465 e. The molecule has 0 aromatic carbocycles. The summed E-state index contributed by atoms with van der Waals surface area (Å²) in [6, 6.07) is -3.07. The summed E-state index contributed by atoms with van der Waals surface area (Å²) in [6.45, 7) is 7.51. The van der Waals surface area contributed by atoms with Crippen LogP contribution in [0.25, 0.3) is 0 Å². The number of carboxylic acid groups (broad SMARTS) is 1. The van der Waals surface area contributed by atoms with Gasteiger partial charge in [-0.15, -0.1) is 0 Å². The zero-order valence-electron chi connectivity index (χ0n) is 21.8. The third kappa shape index (κ3) is 9.75. The second-order valence-electron chi connectivity index (χ2n) is 10.9. The van der Waals surface area contributed by atoms with Gasteiger partial charge >= 0.3 is 6.09 Å². The first-order valence-electron chi connectivity index (χ1n) is 12.9. The molecule has 4 amide bonds. The molecule has 11 heteroatoms. The first-order valence-corrected chi connectivity index (χ1v) is 12.9. The van der Waals surface area contributed by atoms with Gasteiger partial charge in [-0.1, -0.05) is 32.1 Å². The molecule has 0 aromatic rings. The van der Waals surface area contributed by atoms with Gasteiger partial charge in [0.2, 0.25) is 17.7 Å². The van der Waals surface area contributed by atoms with E-state index in [4.69, 9.17) is 4.74 Å². The zero-order valence-corrected chi connectivity index (χ0v) is 21.8. The average Bonchev–Trinajstić information content (AvgIpc) is 3.19. The number of carbonyl (C=O) groups is 5. The van der Waals surface area contributed by atoms with Crippen molar-refractivity contribution in [3.63, 3.8) is 0 Å². The molecule has 1 aliphatic heterocycles. The van der Waals surface area contributed by atoms with E-state index in [1.165, 1.54) is 0 Å². The van der Waals surface area contributed by atoms with Crippen molar-refractivity contribution in [1.82, 2.24) is 21.3 Å². The molecule has 0 spiro atoms. The fourth-order valence-electron chi connectivity index (χ4n) is 5.01. The lowest BCUT2D eigenvalue weighted by Gasteiger charge is -2.32. The fourth-order valence-corrected chi connectivity index (χ4v) is 5.01. The Hall–Kier alpha value is -2.69. The number of hydrogen-bond acceptors (Lipinski definition) is 6. The summed E-state index contributed by atoms with van der Waals surface area (Å²) in [7, 11) is 0. The molecule has 1 aliphatic carbocycles. The molecule has 36 heavy (non-hydrogen) atoms. The SMILES string of the molecule is CC(OC(C)(C)C)C(NC(=O)O)C(=O)NC(CC1CCCCC1)C(=O)NC(C=O)C[C@@H]1CCNC1=O. The molecule has 204 valence electrons. The van der Waals surface area contributed by atoms with Gasteiger partial charge in [0.15, 0.2) is 0 Å². The predicted molar refractivity (Wildman–Crippen MR) is 132 cm³/mol. The monoisotopic (exact) mass is 510 g/mol. The Morgan fingerprint density at radius 2 is 1.72 bits per heavy atom. The normalized spacial score (nSPS) is 22.0. The highest BCUT2D eigenvalue weighted by Gasteiger charge is 2.35. The van der Waals surface area contributed by atoms with Gasteiger partial charge < -0.3 is 35.9 Å². The highest BCUT2D eigenvalue weighted by atomic mass is 16.5. The molecule has 1 saturated heterocycles. The van der Waals surface area contributed by atoms with Crippen molar-refractivity contribution in [3.05, 3.63) is 0 Å². The molecular formula is C25H42N4O7. The standard InChI is InChI=1S/C25H42N4O7/c1-15(36-25(2,3)4)20(29-24(34)35)23(33)28-19(12-16-8-6-5-7-9-16)22(32)27-18(14-30)13-17-10-11-26-21(17)31/h14-20,29H,5-13H2,1-4H3,(H,26,31)(H,27,32)(H,28,33)(H,34,35)/t15?,17-,18?,19?,20?/m0/s1. The van der Waals surface area contributed by atoms with Crippen molar-refractivity contribution < 1.29 is 33.8 Å². The Bertz CT molecular complexity index is 792. The van der Waals surface area contributed by atoms with Crippen LogP contribution in [0.2, 0.25) is 0 Å². The van der Waals surface area contributed by atoms with Gasteiger partial charge in [0.1, 0.15) is 18.4 Å². The van der Waals surface area contributed by atoms with E-state index >= 15 is 0 Å². The van der Waals surface area contributed by atoms with E-state index < -0.39 is 47.7 Å². The van der Waals surface area contributed by atoms with Crippen LogP contribution in [0.4, 0.5) is 4.79 Å². The summed E-state index contributed by atoms with van der Waals surface area (Å²) in [4.78, 5) is 61.5. The molecule has 0 bridgehead atoms.